The van der Waals surface area contributed by atoms with Crippen LogP contribution in [0.4, 0.5) is 11.4 Å². The second-order valence-electron chi connectivity index (χ2n) is 6.13. The SMILES string of the molecule is COc1ccc(NC(=O)C[NH+](Cc2ccco2)Cc2cccs2)c([N+](=O)[O-])c1. The molecule has 3 aromatic rings. The summed E-state index contributed by atoms with van der Waals surface area (Å²) in [7, 11) is 1.43. The number of anilines is 1. The fraction of sp³-hybridized carbons (Fsp3) is 0.211. The molecule has 0 saturated carbocycles. The van der Waals surface area contributed by atoms with Gasteiger partial charge in [-0.25, -0.2) is 0 Å². The molecule has 0 aliphatic rings. The lowest BCUT2D eigenvalue weighted by Crippen LogP contribution is -3.10. The second-order valence-corrected chi connectivity index (χ2v) is 7.16. The summed E-state index contributed by atoms with van der Waals surface area (Å²) in [4.78, 5) is 25.5. The number of furan rings is 1. The van der Waals surface area contributed by atoms with Crippen molar-refractivity contribution >= 4 is 28.6 Å². The van der Waals surface area contributed by atoms with Crippen molar-refractivity contribution in [1.29, 1.82) is 0 Å². The van der Waals surface area contributed by atoms with Crippen LogP contribution in [-0.2, 0) is 17.9 Å². The monoisotopic (exact) mass is 402 g/mol. The van der Waals surface area contributed by atoms with Gasteiger partial charge < -0.3 is 19.4 Å². The zero-order chi connectivity index (χ0) is 19.9. The Kier molecular flexibility index (Phi) is 6.41. The zero-order valence-corrected chi connectivity index (χ0v) is 16.0. The molecule has 28 heavy (non-hydrogen) atoms. The lowest BCUT2D eigenvalue weighted by Gasteiger charge is -2.17. The number of amides is 1. The standard InChI is InChI=1S/C19H19N3O5S/c1-26-14-6-7-17(18(10-14)22(24)25)20-19(23)13-21(11-15-4-2-8-27-15)12-16-5-3-9-28-16/h2-10H,11-13H2,1H3,(H,20,23)/p+1. The van der Waals surface area contributed by atoms with Gasteiger partial charge in [-0.1, -0.05) is 6.07 Å². The first-order chi connectivity index (χ1) is 13.5. The number of nitrogens with zero attached hydrogens (tertiary/aromatic N) is 1. The Hall–Kier alpha value is -3.17. The number of hydrogen-bond donors (Lipinski definition) is 2. The maximum atomic E-state index is 12.6. The smallest absolute Gasteiger partial charge is 0.296 e. The van der Waals surface area contributed by atoms with Gasteiger partial charge in [0, 0.05) is 0 Å². The van der Waals surface area contributed by atoms with Gasteiger partial charge in [0.25, 0.3) is 11.6 Å². The number of methoxy groups -OCH3 is 1. The van der Waals surface area contributed by atoms with Crippen molar-refractivity contribution in [1.82, 2.24) is 0 Å². The number of nitro groups is 1. The van der Waals surface area contributed by atoms with Crippen molar-refractivity contribution < 1.29 is 23.8 Å². The Labute approximate surface area is 165 Å². The topological polar surface area (TPSA) is 99.0 Å². The largest absolute Gasteiger partial charge is 0.496 e. The van der Waals surface area contributed by atoms with E-state index in [4.69, 9.17) is 9.15 Å². The fourth-order valence-electron chi connectivity index (χ4n) is 2.82. The lowest BCUT2D eigenvalue weighted by molar-refractivity contribution is -0.920. The Morgan fingerprint density at radius 1 is 1.29 bits per heavy atom. The summed E-state index contributed by atoms with van der Waals surface area (Å²) in [5.41, 5.74) is -0.0668. The Morgan fingerprint density at radius 3 is 2.79 bits per heavy atom. The number of carbonyl (C=O) groups is 1. The minimum absolute atomic E-state index is 0.141. The number of ether oxygens (including phenoxy) is 1. The van der Waals surface area contributed by atoms with Gasteiger partial charge in [0.15, 0.2) is 12.3 Å². The van der Waals surface area contributed by atoms with Gasteiger partial charge in [0.05, 0.1) is 29.2 Å². The van der Waals surface area contributed by atoms with Crippen LogP contribution in [0, 0.1) is 10.1 Å². The highest BCUT2D eigenvalue weighted by Gasteiger charge is 2.21. The molecule has 1 unspecified atom stereocenters. The van der Waals surface area contributed by atoms with E-state index in [1.165, 1.54) is 19.2 Å². The van der Waals surface area contributed by atoms with Crippen LogP contribution >= 0.6 is 11.3 Å². The highest BCUT2D eigenvalue weighted by Crippen LogP contribution is 2.28. The average molecular weight is 402 g/mol. The maximum Gasteiger partial charge on any atom is 0.296 e. The third-order valence-corrected chi connectivity index (χ3v) is 4.97. The molecule has 1 atom stereocenters. The first kappa shape index (κ1) is 19.6. The molecular weight excluding hydrogens is 382 g/mol. The molecule has 3 rings (SSSR count). The van der Waals surface area contributed by atoms with E-state index in [2.05, 4.69) is 5.32 Å². The predicted molar refractivity (Wildman–Crippen MR) is 105 cm³/mol. The summed E-state index contributed by atoms with van der Waals surface area (Å²) in [5, 5.41) is 15.9. The van der Waals surface area contributed by atoms with Crippen LogP contribution in [0.25, 0.3) is 0 Å². The number of rotatable bonds is 9. The van der Waals surface area contributed by atoms with Crippen molar-refractivity contribution in [3.8, 4) is 5.75 Å². The number of benzene rings is 1. The fourth-order valence-corrected chi connectivity index (χ4v) is 3.60. The second kappa shape index (κ2) is 9.16. The average Bonchev–Trinajstić information content (AvgIpc) is 3.36. The lowest BCUT2D eigenvalue weighted by atomic mass is 10.2. The summed E-state index contributed by atoms with van der Waals surface area (Å²) in [6.45, 7) is 1.32. The molecule has 0 fully saturated rings. The highest BCUT2D eigenvalue weighted by atomic mass is 32.1. The summed E-state index contributed by atoms with van der Waals surface area (Å²) < 4.78 is 10.4. The minimum atomic E-state index is -0.544. The van der Waals surface area contributed by atoms with Crippen LogP contribution in [0.2, 0.25) is 0 Å². The zero-order valence-electron chi connectivity index (χ0n) is 15.2. The van der Waals surface area contributed by atoms with E-state index in [1.54, 1.807) is 29.7 Å². The van der Waals surface area contributed by atoms with Gasteiger partial charge >= 0.3 is 0 Å². The molecule has 2 aromatic heterocycles. The Balaban J connectivity index is 1.72. The summed E-state index contributed by atoms with van der Waals surface area (Å²) in [5.74, 6) is 0.814. The molecule has 0 saturated heterocycles. The summed E-state index contributed by atoms with van der Waals surface area (Å²) >= 11 is 1.62. The van der Waals surface area contributed by atoms with Crippen molar-refractivity contribution in [3.63, 3.8) is 0 Å². The number of thiophene rings is 1. The van der Waals surface area contributed by atoms with E-state index in [-0.39, 0.29) is 23.8 Å². The summed E-state index contributed by atoms with van der Waals surface area (Å²) in [6.07, 6.45) is 1.60. The predicted octanol–water partition coefficient (Wildman–Crippen LogP) is 2.48. The highest BCUT2D eigenvalue weighted by molar-refractivity contribution is 7.09. The number of quaternary nitrogens is 1. The molecule has 1 aromatic carbocycles. The van der Waals surface area contributed by atoms with Crippen LogP contribution in [0.1, 0.15) is 10.6 Å². The third kappa shape index (κ3) is 5.18. The van der Waals surface area contributed by atoms with Crippen LogP contribution in [0.3, 0.4) is 0 Å². The summed E-state index contributed by atoms with van der Waals surface area (Å²) in [6, 6.07) is 12.0. The molecule has 146 valence electrons. The van der Waals surface area contributed by atoms with E-state index in [0.717, 1.165) is 15.5 Å². The van der Waals surface area contributed by atoms with Gasteiger partial charge in [0.1, 0.15) is 24.5 Å². The quantitative estimate of drug-likeness (QED) is 0.423. The molecule has 9 heteroatoms. The van der Waals surface area contributed by atoms with Crippen molar-refractivity contribution in [3.05, 3.63) is 74.9 Å². The van der Waals surface area contributed by atoms with Gasteiger partial charge in [-0.05, 0) is 35.7 Å². The molecule has 0 spiro atoms. The molecule has 0 aliphatic carbocycles. The van der Waals surface area contributed by atoms with Gasteiger partial charge in [-0.2, -0.15) is 0 Å². The normalized spacial score (nSPS) is 11.8. The maximum absolute atomic E-state index is 12.6. The van der Waals surface area contributed by atoms with E-state index >= 15 is 0 Å². The molecule has 1 amide bonds. The van der Waals surface area contributed by atoms with E-state index in [1.807, 2.05) is 23.6 Å². The molecular formula is C19H20N3O5S+. The van der Waals surface area contributed by atoms with Crippen molar-refractivity contribution in [2.75, 3.05) is 19.0 Å². The molecule has 0 radical (unpaired) electrons. The van der Waals surface area contributed by atoms with Crippen molar-refractivity contribution in [2.45, 2.75) is 13.1 Å². The van der Waals surface area contributed by atoms with Gasteiger partial charge in [-0.3, -0.25) is 14.9 Å². The first-order valence-corrected chi connectivity index (χ1v) is 9.43. The van der Waals surface area contributed by atoms with Crippen LogP contribution in [0.15, 0.2) is 58.5 Å². The number of nitrogens with one attached hydrogen (secondary N) is 2. The molecule has 8 nitrogen and oxygen atoms in total. The van der Waals surface area contributed by atoms with E-state index in [9.17, 15) is 14.9 Å². The Bertz CT molecular complexity index is 889. The number of hydrogen-bond acceptors (Lipinski definition) is 6. The molecule has 0 bridgehead atoms. The van der Waals surface area contributed by atoms with Crippen LogP contribution in [0.5, 0.6) is 5.75 Å². The first-order valence-electron chi connectivity index (χ1n) is 8.55. The molecule has 0 aliphatic heterocycles. The minimum Gasteiger partial charge on any atom is -0.496 e. The van der Waals surface area contributed by atoms with Crippen LogP contribution < -0.4 is 15.0 Å². The van der Waals surface area contributed by atoms with Gasteiger partial charge in [0.2, 0.25) is 0 Å². The van der Waals surface area contributed by atoms with E-state index in [0.29, 0.717) is 18.8 Å². The molecule has 2 N–H and O–H groups in total. The number of nitro benzene ring substituents is 1. The third-order valence-electron chi connectivity index (χ3n) is 4.09. The number of carbonyl (C=O) groups excluding carboxylic acids is 1. The van der Waals surface area contributed by atoms with E-state index < -0.39 is 4.92 Å². The Morgan fingerprint density at radius 2 is 2.14 bits per heavy atom. The van der Waals surface area contributed by atoms with Crippen molar-refractivity contribution in [2.24, 2.45) is 0 Å². The van der Waals surface area contributed by atoms with Gasteiger partial charge in [-0.15, -0.1) is 11.3 Å². The van der Waals surface area contributed by atoms with Crippen LogP contribution in [-0.4, -0.2) is 24.5 Å². The molecule has 2 heterocycles.